The summed E-state index contributed by atoms with van der Waals surface area (Å²) in [7, 11) is 4.81. The molecule has 2 aliphatic rings. The molecule has 1 atom stereocenters. The molecule has 1 aliphatic heterocycles. The van der Waals surface area contributed by atoms with Gasteiger partial charge in [-0.3, -0.25) is 19.9 Å². The number of ketones is 1. The van der Waals surface area contributed by atoms with Crippen molar-refractivity contribution in [2.75, 3.05) is 21.2 Å². The van der Waals surface area contributed by atoms with E-state index in [0.29, 0.717) is 12.2 Å². The van der Waals surface area contributed by atoms with Crippen molar-refractivity contribution in [3.63, 3.8) is 0 Å². The monoisotopic (exact) mass is 369 g/mol. The van der Waals surface area contributed by atoms with Gasteiger partial charge in [0.2, 0.25) is 5.96 Å². The SMILES string of the molecule is COc1ccc(C[C@@]2(CC3(O)C=CC(=O)C=C3)C(=O)N(C)C(=N)N2C)cc1. The van der Waals surface area contributed by atoms with Gasteiger partial charge in [-0.2, -0.15) is 0 Å². The molecular formula is C20H23N3O4. The number of amides is 1. The molecule has 7 heteroatoms. The number of likely N-dealkylation sites (N-methyl/N-ethyl adjacent to an activating group) is 2. The van der Waals surface area contributed by atoms with Gasteiger partial charge in [0.1, 0.15) is 16.9 Å². The summed E-state index contributed by atoms with van der Waals surface area (Å²) >= 11 is 0. The number of hydrogen-bond donors (Lipinski definition) is 2. The molecule has 142 valence electrons. The fourth-order valence-corrected chi connectivity index (χ4v) is 3.66. The minimum atomic E-state index is -1.45. The highest BCUT2D eigenvalue weighted by molar-refractivity contribution is 6.08. The quantitative estimate of drug-likeness (QED) is 0.812. The zero-order chi connectivity index (χ0) is 19.8. The average molecular weight is 369 g/mol. The van der Waals surface area contributed by atoms with Gasteiger partial charge in [-0.25, -0.2) is 0 Å². The summed E-state index contributed by atoms with van der Waals surface area (Å²) in [6.45, 7) is 0. The first-order valence-electron chi connectivity index (χ1n) is 8.59. The summed E-state index contributed by atoms with van der Waals surface area (Å²) in [5.74, 6) is 0.300. The Hall–Kier alpha value is -2.93. The molecule has 0 radical (unpaired) electrons. The molecule has 1 aromatic carbocycles. The van der Waals surface area contributed by atoms with Gasteiger partial charge in [-0.15, -0.1) is 0 Å². The van der Waals surface area contributed by atoms with Crippen LogP contribution in [0.5, 0.6) is 5.75 Å². The van der Waals surface area contributed by atoms with Gasteiger partial charge in [0.25, 0.3) is 5.91 Å². The number of guanidine groups is 1. The molecule has 27 heavy (non-hydrogen) atoms. The molecule has 0 aromatic heterocycles. The topological polar surface area (TPSA) is 93.9 Å². The maximum atomic E-state index is 13.1. The van der Waals surface area contributed by atoms with Gasteiger partial charge in [0, 0.05) is 26.9 Å². The van der Waals surface area contributed by atoms with E-state index in [1.165, 1.54) is 29.2 Å². The van der Waals surface area contributed by atoms with Crippen LogP contribution < -0.4 is 4.74 Å². The highest BCUT2D eigenvalue weighted by Gasteiger charge is 2.55. The van der Waals surface area contributed by atoms with Crippen LogP contribution >= 0.6 is 0 Å². The van der Waals surface area contributed by atoms with Crippen molar-refractivity contribution in [3.05, 3.63) is 54.1 Å². The average Bonchev–Trinajstić information content (AvgIpc) is 2.81. The van der Waals surface area contributed by atoms with E-state index >= 15 is 0 Å². The van der Waals surface area contributed by atoms with Crippen LogP contribution in [0.25, 0.3) is 0 Å². The fraction of sp³-hybridized carbons (Fsp3) is 0.350. The van der Waals surface area contributed by atoms with E-state index in [9.17, 15) is 14.7 Å². The normalized spacial score (nSPS) is 24.1. The van der Waals surface area contributed by atoms with Gasteiger partial charge in [0.05, 0.1) is 7.11 Å². The van der Waals surface area contributed by atoms with Gasteiger partial charge < -0.3 is 14.7 Å². The predicted octanol–water partition coefficient (Wildman–Crippen LogP) is 1.13. The van der Waals surface area contributed by atoms with Crippen molar-refractivity contribution < 1.29 is 19.4 Å². The van der Waals surface area contributed by atoms with Gasteiger partial charge >= 0.3 is 0 Å². The van der Waals surface area contributed by atoms with Crippen molar-refractivity contribution in [1.29, 1.82) is 5.41 Å². The molecule has 7 nitrogen and oxygen atoms in total. The number of nitrogens with zero attached hydrogens (tertiary/aromatic N) is 2. The van der Waals surface area contributed by atoms with E-state index in [1.54, 1.807) is 26.1 Å². The van der Waals surface area contributed by atoms with E-state index in [2.05, 4.69) is 0 Å². The molecule has 0 bridgehead atoms. The Balaban J connectivity index is 2.00. The number of ether oxygens (including phenoxy) is 1. The smallest absolute Gasteiger partial charge is 0.255 e. The zero-order valence-electron chi connectivity index (χ0n) is 15.6. The number of hydrogen-bond acceptors (Lipinski definition) is 5. The second-order valence-corrected chi connectivity index (χ2v) is 7.04. The molecule has 2 N–H and O–H groups in total. The number of benzene rings is 1. The van der Waals surface area contributed by atoms with Crippen LogP contribution in [0.1, 0.15) is 12.0 Å². The van der Waals surface area contributed by atoms with Crippen molar-refractivity contribution in [2.24, 2.45) is 0 Å². The third kappa shape index (κ3) is 3.26. The number of methoxy groups -OCH3 is 1. The molecule has 1 aromatic rings. The first-order chi connectivity index (χ1) is 12.7. The molecule has 3 rings (SSSR count). The van der Waals surface area contributed by atoms with Crippen LogP contribution in [-0.2, 0) is 16.0 Å². The molecule has 0 spiro atoms. The molecule has 1 saturated heterocycles. The standard InChI is InChI=1S/C20H23N3O4/c1-22-17(25)20(23(2)18(22)21,12-14-4-6-16(27-3)7-5-14)13-19(26)10-8-15(24)9-11-19/h4-11,21,26H,12-13H2,1-3H3/t20-/m1/s1. The van der Waals surface area contributed by atoms with Crippen molar-refractivity contribution in [2.45, 2.75) is 24.0 Å². The van der Waals surface area contributed by atoms with Crippen LogP contribution in [0.4, 0.5) is 0 Å². The van der Waals surface area contributed by atoms with E-state index in [-0.39, 0.29) is 24.1 Å². The van der Waals surface area contributed by atoms with Gasteiger partial charge in [-0.05, 0) is 42.0 Å². The summed E-state index contributed by atoms with van der Waals surface area (Å²) < 4.78 is 5.18. The summed E-state index contributed by atoms with van der Waals surface area (Å²) in [5.41, 5.74) is -1.72. The Morgan fingerprint density at radius 3 is 2.19 bits per heavy atom. The maximum absolute atomic E-state index is 13.1. The predicted molar refractivity (Wildman–Crippen MR) is 101 cm³/mol. The van der Waals surface area contributed by atoms with Crippen LogP contribution in [0.2, 0.25) is 0 Å². The Morgan fingerprint density at radius 2 is 1.70 bits per heavy atom. The lowest BCUT2D eigenvalue weighted by Crippen LogP contribution is -2.54. The number of carbonyl (C=O) groups is 2. The third-order valence-corrected chi connectivity index (χ3v) is 5.28. The minimum absolute atomic E-state index is 0.0222. The van der Waals surface area contributed by atoms with Gasteiger partial charge in [-0.1, -0.05) is 12.1 Å². The third-order valence-electron chi connectivity index (χ3n) is 5.28. The molecular weight excluding hydrogens is 346 g/mol. The van der Waals surface area contributed by atoms with Crippen LogP contribution in [-0.4, -0.2) is 64.9 Å². The van der Waals surface area contributed by atoms with E-state index in [1.807, 2.05) is 24.3 Å². The molecule has 1 aliphatic carbocycles. The van der Waals surface area contributed by atoms with Crippen molar-refractivity contribution >= 4 is 17.6 Å². The maximum Gasteiger partial charge on any atom is 0.255 e. The first-order valence-corrected chi connectivity index (χ1v) is 8.59. The summed E-state index contributed by atoms with van der Waals surface area (Å²) in [4.78, 5) is 27.5. The Kier molecular flexibility index (Phi) is 4.65. The second-order valence-electron chi connectivity index (χ2n) is 7.04. The number of allylic oxidation sites excluding steroid dienone is 2. The van der Waals surface area contributed by atoms with Gasteiger partial charge in [0.15, 0.2) is 5.78 Å². The Morgan fingerprint density at radius 1 is 1.11 bits per heavy atom. The molecule has 0 unspecified atom stereocenters. The number of rotatable bonds is 5. The second kappa shape index (κ2) is 6.66. The summed E-state index contributed by atoms with van der Waals surface area (Å²) in [6.07, 6.45) is 5.75. The van der Waals surface area contributed by atoms with Crippen molar-refractivity contribution in [3.8, 4) is 5.75 Å². The summed E-state index contributed by atoms with van der Waals surface area (Å²) in [6, 6.07) is 7.35. The fourth-order valence-electron chi connectivity index (χ4n) is 3.66. The van der Waals surface area contributed by atoms with Crippen LogP contribution in [0.15, 0.2) is 48.6 Å². The molecule has 1 heterocycles. The first kappa shape index (κ1) is 18.8. The number of aliphatic hydroxyl groups is 1. The lowest BCUT2D eigenvalue weighted by Gasteiger charge is -2.39. The largest absolute Gasteiger partial charge is 0.497 e. The lowest BCUT2D eigenvalue weighted by atomic mass is 9.77. The lowest BCUT2D eigenvalue weighted by molar-refractivity contribution is -0.134. The van der Waals surface area contributed by atoms with Crippen LogP contribution in [0, 0.1) is 5.41 Å². The van der Waals surface area contributed by atoms with E-state index in [4.69, 9.17) is 10.1 Å². The van der Waals surface area contributed by atoms with E-state index < -0.39 is 11.1 Å². The highest BCUT2D eigenvalue weighted by Crippen LogP contribution is 2.38. The summed E-state index contributed by atoms with van der Waals surface area (Å²) in [5, 5.41) is 19.2. The van der Waals surface area contributed by atoms with Crippen molar-refractivity contribution in [1.82, 2.24) is 9.80 Å². The number of nitrogens with one attached hydrogen (secondary N) is 1. The zero-order valence-corrected chi connectivity index (χ0v) is 15.6. The molecule has 1 fully saturated rings. The highest BCUT2D eigenvalue weighted by atomic mass is 16.5. The molecule has 1 amide bonds. The minimum Gasteiger partial charge on any atom is -0.497 e. The van der Waals surface area contributed by atoms with E-state index in [0.717, 1.165) is 5.56 Å². The Labute approximate surface area is 158 Å². The van der Waals surface area contributed by atoms with Crippen LogP contribution in [0.3, 0.4) is 0 Å². The molecule has 0 saturated carbocycles. The number of carbonyl (C=O) groups excluding carboxylic acids is 2. The Bertz CT molecular complexity index is 827.